The molecule has 1 saturated carbocycles. The first-order valence-electron chi connectivity index (χ1n) is 7.03. The first-order chi connectivity index (χ1) is 10.1. The molecule has 110 valence electrons. The van der Waals surface area contributed by atoms with Gasteiger partial charge in [-0.2, -0.15) is 0 Å². The average molecular weight is 291 g/mol. The minimum Gasteiger partial charge on any atom is -0.310 e. The van der Waals surface area contributed by atoms with Crippen LogP contribution >= 0.6 is 0 Å². The molecule has 0 heterocycles. The molecule has 3 rings (SSSR count). The van der Waals surface area contributed by atoms with Crippen LogP contribution in [-0.2, 0) is 6.54 Å². The summed E-state index contributed by atoms with van der Waals surface area (Å²) in [4.78, 5) is 0. The van der Waals surface area contributed by atoms with Crippen molar-refractivity contribution in [1.29, 1.82) is 0 Å². The Morgan fingerprint density at radius 3 is 2.48 bits per heavy atom. The molecule has 1 aliphatic carbocycles. The topological polar surface area (TPSA) is 12.0 Å². The van der Waals surface area contributed by atoms with Crippen LogP contribution in [0.5, 0.6) is 0 Å². The zero-order valence-electron chi connectivity index (χ0n) is 11.7. The van der Waals surface area contributed by atoms with Crippen LogP contribution in [0.15, 0.2) is 30.3 Å². The first kappa shape index (κ1) is 14.1. The summed E-state index contributed by atoms with van der Waals surface area (Å²) in [5.74, 6) is -3.72. The normalized spacial score (nSPS) is 14.5. The highest BCUT2D eigenvalue weighted by Crippen LogP contribution is 2.29. The molecule has 0 aromatic heterocycles. The largest absolute Gasteiger partial charge is 0.310 e. The van der Waals surface area contributed by atoms with Gasteiger partial charge in [-0.3, -0.25) is 0 Å². The molecule has 0 unspecified atom stereocenters. The fourth-order valence-corrected chi connectivity index (χ4v) is 2.35. The molecule has 1 aliphatic rings. The molecule has 4 heteroatoms. The third-order valence-electron chi connectivity index (χ3n) is 3.80. The van der Waals surface area contributed by atoms with E-state index in [1.54, 1.807) is 0 Å². The summed E-state index contributed by atoms with van der Waals surface area (Å²) in [5, 5.41) is 3.38. The minimum atomic E-state index is -1.42. The Hall–Kier alpha value is -1.81. The van der Waals surface area contributed by atoms with Gasteiger partial charge in [0.2, 0.25) is 0 Å². The molecule has 2 aromatic rings. The van der Waals surface area contributed by atoms with E-state index in [2.05, 4.69) is 5.32 Å². The van der Waals surface area contributed by atoms with Gasteiger partial charge in [0, 0.05) is 18.2 Å². The lowest BCUT2D eigenvalue weighted by Gasteiger charge is -2.11. The molecule has 0 aliphatic heterocycles. The van der Waals surface area contributed by atoms with Crippen molar-refractivity contribution in [3.8, 4) is 11.1 Å². The van der Waals surface area contributed by atoms with Crippen LogP contribution in [0.4, 0.5) is 13.2 Å². The fraction of sp³-hybridized carbons (Fsp3) is 0.294. The zero-order valence-corrected chi connectivity index (χ0v) is 11.7. The molecule has 0 bridgehead atoms. The van der Waals surface area contributed by atoms with Crippen molar-refractivity contribution < 1.29 is 13.2 Å². The molecule has 2 aromatic carbocycles. The SMILES string of the molecule is Cc1ccc(CNC2CC2)cc1-c1ccc(F)c(F)c1F. The van der Waals surface area contributed by atoms with Gasteiger partial charge in [-0.05, 0) is 54.7 Å². The number of halogens is 3. The zero-order chi connectivity index (χ0) is 15.0. The van der Waals surface area contributed by atoms with Crippen molar-refractivity contribution in [3.05, 3.63) is 58.9 Å². The highest BCUT2D eigenvalue weighted by Gasteiger charge is 2.20. The van der Waals surface area contributed by atoms with E-state index in [0.29, 0.717) is 18.2 Å². The smallest absolute Gasteiger partial charge is 0.195 e. The van der Waals surface area contributed by atoms with E-state index in [1.165, 1.54) is 18.9 Å². The highest BCUT2D eigenvalue weighted by atomic mass is 19.2. The van der Waals surface area contributed by atoms with E-state index in [-0.39, 0.29) is 5.56 Å². The molecule has 1 nitrogen and oxygen atoms in total. The number of aryl methyl sites for hydroxylation is 1. The van der Waals surface area contributed by atoms with Gasteiger partial charge < -0.3 is 5.32 Å². The average Bonchev–Trinajstić information content (AvgIpc) is 3.29. The molecular weight excluding hydrogens is 275 g/mol. The van der Waals surface area contributed by atoms with Crippen molar-refractivity contribution in [2.75, 3.05) is 0 Å². The number of nitrogens with one attached hydrogen (secondary N) is 1. The molecule has 0 saturated heterocycles. The van der Waals surface area contributed by atoms with Gasteiger partial charge in [-0.25, -0.2) is 13.2 Å². The molecule has 1 fully saturated rings. The van der Waals surface area contributed by atoms with Crippen LogP contribution in [0, 0.1) is 24.4 Å². The molecule has 21 heavy (non-hydrogen) atoms. The second-order valence-corrected chi connectivity index (χ2v) is 5.53. The molecule has 0 radical (unpaired) electrons. The summed E-state index contributed by atoms with van der Waals surface area (Å²) < 4.78 is 40.4. The molecule has 1 N–H and O–H groups in total. The van der Waals surface area contributed by atoms with Crippen LogP contribution in [0.3, 0.4) is 0 Å². The van der Waals surface area contributed by atoms with Crippen LogP contribution in [0.25, 0.3) is 11.1 Å². The summed E-state index contributed by atoms with van der Waals surface area (Å²) in [6.45, 7) is 2.53. The van der Waals surface area contributed by atoms with Crippen molar-refractivity contribution in [2.24, 2.45) is 0 Å². The maximum atomic E-state index is 14.0. The Bertz CT molecular complexity index is 678. The Morgan fingerprint density at radius 2 is 1.76 bits per heavy atom. The number of hydrogen-bond acceptors (Lipinski definition) is 1. The maximum Gasteiger partial charge on any atom is 0.195 e. The second-order valence-electron chi connectivity index (χ2n) is 5.53. The van der Waals surface area contributed by atoms with Gasteiger partial charge in [0.15, 0.2) is 17.5 Å². The predicted molar refractivity (Wildman–Crippen MR) is 76.4 cm³/mol. The fourth-order valence-electron chi connectivity index (χ4n) is 2.35. The maximum absolute atomic E-state index is 14.0. The Morgan fingerprint density at radius 1 is 1.00 bits per heavy atom. The quantitative estimate of drug-likeness (QED) is 0.827. The van der Waals surface area contributed by atoms with E-state index in [1.807, 2.05) is 25.1 Å². The van der Waals surface area contributed by atoms with Crippen LogP contribution in [-0.4, -0.2) is 6.04 Å². The first-order valence-corrected chi connectivity index (χ1v) is 7.03. The molecule has 0 spiro atoms. The van der Waals surface area contributed by atoms with Crippen molar-refractivity contribution >= 4 is 0 Å². The molecular formula is C17H16F3N. The van der Waals surface area contributed by atoms with Crippen LogP contribution < -0.4 is 5.32 Å². The Kier molecular flexibility index (Phi) is 3.72. The Labute approximate surface area is 121 Å². The third-order valence-corrected chi connectivity index (χ3v) is 3.80. The lowest BCUT2D eigenvalue weighted by atomic mass is 9.97. The van der Waals surface area contributed by atoms with Gasteiger partial charge >= 0.3 is 0 Å². The summed E-state index contributed by atoms with van der Waals surface area (Å²) >= 11 is 0. The summed E-state index contributed by atoms with van der Waals surface area (Å²) in [5.41, 5.74) is 2.53. The van der Waals surface area contributed by atoms with Gasteiger partial charge in [0.05, 0.1) is 0 Å². The summed E-state index contributed by atoms with van der Waals surface area (Å²) in [7, 11) is 0. The van der Waals surface area contributed by atoms with Crippen molar-refractivity contribution in [3.63, 3.8) is 0 Å². The van der Waals surface area contributed by atoms with E-state index < -0.39 is 17.5 Å². The number of benzene rings is 2. The monoisotopic (exact) mass is 291 g/mol. The lowest BCUT2D eigenvalue weighted by molar-refractivity contribution is 0.449. The van der Waals surface area contributed by atoms with Crippen molar-refractivity contribution in [2.45, 2.75) is 32.4 Å². The second kappa shape index (κ2) is 5.53. The van der Waals surface area contributed by atoms with Crippen molar-refractivity contribution in [1.82, 2.24) is 5.32 Å². The van der Waals surface area contributed by atoms with Gasteiger partial charge in [0.1, 0.15) is 0 Å². The van der Waals surface area contributed by atoms with E-state index in [9.17, 15) is 13.2 Å². The standard InChI is InChI=1S/C17H16F3N/c1-10-2-3-11(9-21-12-4-5-12)8-14(10)13-6-7-15(18)17(20)16(13)19/h2-3,6-8,12,21H,4-5,9H2,1H3. The lowest BCUT2D eigenvalue weighted by Crippen LogP contribution is -2.15. The summed E-state index contributed by atoms with van der Waals surface area (Å²) in [6.07, 6.45) is 2.38. The van der Waals surface area contributed by atoms with Gasteiger partial charge in [0.25, 0.3) is 0 Å². The van der Waals surface area contributed by atoms with E-state index in [0.717, 1.165) is 17.2 Å². The van der Waals surface area contributed by atoms with Crippen LogP contribution in [0.2, 0.25) is 0 Å². The Balaban J connectivity index is 1.96. The van der Waals surface area contributed by atoms with Crippen LogP contribution in [0.1, 0.15) is 24.0 Å². The van der Waals surface area contributed by atoms with E-state index in [4.69, 9.17) is 0 Å². The van der Waals surface area contributed by atoms with E-state index >= 15 is 0 Å². The van der Waals surface area contributed by atoms with Gasteiger partial charge in [-0.1, -0.05) is 12.1 Å². The molecule has 0 amide bonds. The minimum absolute atomic E-state index is 0.0969. The third kappa shape index (κ3) is 2.95. The highest BCUT2D eigenvalue weighted by molar-refractivity contribution is 5.68. The number of rotatable bonds is 4. The summed E-state index contributed by atoms with van der Waals surface area (Å²) in [6, 6.07) is 8.50. The molecule has 0 atom stereocenters. The number of hydrogen-bond donors (Lipinski definition) is 1. The predicted octanol–water partition coefficient (Wildman–Crippen LogP) is 4.33. The van der Waals surface area contributed by atoms with Gasteiger partial charge in [-0.15, -0.1) is 0 Å².